The van der Waals surface area contributed by atoms with Crippen molar-refractivity contribution in [2.75, 3.05) is 11.9 Å². The molecule has 1 saturated heterocycles. The Morgan fingerprint density at radius 2 is 1.91 bits per heavy atom. The molecule has 8 nitrogen and oxygen atoms in total. The maximum atomic E-state index is 14.1. The first-order valence-corrected chi connectivity index (χ1v) is 11.1. The summed E-state index contributed by atoms with van der Waals surface area (Å²) in [5, 5.41) is 13.1. The second-order valence-electron chi connectivity index (χ2n) is 8.35. The zero-order chi connectivity index (χ0) is 24.5. The van der Waals surface area contributed by atoms with Crippen LogP contribution in [-0.2, 0) is 11.3 Å². The predicted molar refractivity (Wildman–Crippen MR) is 124 cm³/mol. The zero-order valence-corrected chi connectivity index (χ0v) is 18.5. The number of likely N-dealkylation sites (tertiary alicyclic amines) is 1. The number of nitrogens with one attached hydrogen (secondary N) is 1. The molecule has 178 valence electrons. The van der Waals surface area contributed by atoms with Gasteiger partial charge >= 0.3 is 5.97 Å². The van der Waals surface area contributed by atoms with Crippen LogP contribution in [0.2, 0.25) is 0 Å². The van der Waals surface area contributed by atoms with Crippen molar-refractivity contribution in [2.45, 2.75) is 25.4 Å². The third-order valence-electron chi connectivity index (χ3n) is 6.04. The topological polar surface area (TPSA) is 100 Å². The Labute approximate surface area is 198 Å². The van der Waals surface area contributed by atoms with Crippen molar-refractivity contribution in [3.8, 4) is 0 Å². The van der Waals surface area contributed by atoms with Crippen LogP contribution in [-0.4, -0.2) is 49.0 Å². The minimum atomic E-state index is -0.994. The molecule has 1 atom stereocenters. The smallest absolute Gasteiger partial charge is 0.326 e. The number of amides is 1. The van der Waals surface area contributed by atoms with Gasteiger partial charge in [0.25, 0.3) is 5.91 Å². The van der Waals surface area contributed by atoms with E-state index in [0.29, 0.717) is 42.2 Å². The van der Waals surface area contributed by atoms with Crippen LogP contribution >= 0.6 is 0 Å². The normalized spacial score (nSPS) is 15.5. The lowest BCUT2D eigenvalue weighted by molar-refractivity contribution is -0.141. The number of rotatable bonds is 6. The van der Waals surface area contributed by atoms with Gasteiger partial charge in [-0.3, -0.25) is 4.79 Å². The lowest BCUT2D eigenvalue weighted by atomic mass is 10.1. The molecule has 0 saturated carbocycles. The molecule has 1 fully saturated rings. The largest absolute Gasteiger partial charge is 0.480 e. The minimum Gasteiger partial charge on any atom is -0.480 e. The van der Waals surface area contributed by atoms with Crippen molar-refractivity contribution in [1.82, 2.24) is 19.4 Å². The van der Waals surface area contributed by atoms with E-state index in [1.165, 1.54) is 4.90 Å². The summed E-state index contributed by atoms with van der Waals surface area (Å²) in [5.41, 5.74) is 1.78. The van der Waals surface area contributed by atoms with E-state index in [1.807, 2.05) is 0 Å². The van der Waals surface area contributed by atoms with E-state index in [1.54, 1.807) is 47.3 Å². The molecule has 2 aromatic heterocycles. The van der Waals surface area contributed by atoms with Crippen LogP contribution in [0, 0.1) is 11.6 Å². The third kappa shape index (κ3) is 4.54. The van der Waals surface area contributed by atoms with Gasteiger partial charge in [0.2, 0.25) is 5.95 Å². The Balaban J connectivity index is 1.33. The number of nitrogens with zero attached hydrogens (tertiary/aromatic N) is 4. The van der Waals surface area contributed by atoms with E-state index in [2.05, 4.69) is 15.3 Å². The maximum absolute atomic E-state index is 14.1. The molecule has 2 aromatic carbocycles. The summed E-state index contributed by atoms with van der Waals surface area (Å²) in [6.45, 7) is 0.525. The van der Waals surface area contributed by atoms with Gasteiger partial charge in [-0.15, -0.1) is 0 Å². The molecular weight excluding hydrogens is 456 g/mol. The molecule has 0 radical (unpaired) electrons. The van der Waals surface area contributed by atoms with E-state index in [0.717, 1.165) is 23.6 Å². The molecule has 0 aliphatic carbocycles. The summed E-state index contributed by atoms with van der Waals surface area (Å²) in [4.78, 5) is 34.3. The van der Waals surface area contributed by atoms with Crippen molar-refractivity contribution < 1.29 is 23.5 Å². The zero-order valence-electron chi connectivity index (χ0n) is 18.5. The summed E-state index contributed by atoms with van der Waals surface area (Å²) < 4.78 is 29.4. The summed E-state index contributed by atoms with van der Waals surface area (Å²) in [7, 11) is 0. The Morgan fingerprint density at radius 1 is 1.11 bits per heavy atom. The highest BCUT2D eigenvalue weighted by molar-refractivity contribution is 5.97. The highest BCUT2D eigenvalue weighted by Gasteiger charge is 2.34. The number of carboxylic acid groups (broad SMARTS) is 1. The summed E-state index contributed by atoms with van der Waals surface area (Å²) in [5.74, 6) is -2.03. The summed E-state index contributed by atoms with van der Waals surface area (Å²) in [6, 6.07) is 10.9. The molecule has 4 aromatic rings. The lowest BCUT2D eigenvalue weighted by Crippen LogP contribution is -2.40. The van der Waals surface area contributed by atoms with Gasteiger partial charge in [0.15, 0.2) is 0 Å². The summed E-state index contributed by atoms with van der Waals surface area (Å²) in [6.07, 6.45) is 4.47. The second-order valence-corrected chi connectivity index (χ2v) is 8.35. The monoisotopic (exact) mass is 477 g/mol. The number of aliphatic carboxylic acids is 1. The number of hydrogen-bond acceptors (Lipinski definition) is 5. The minimum absolute atomic E-state index is 0.105. The molecule has 1 aliphatic rings. The number of benzene rings is 2. The van der Waals surface area contributed by atoms with Crippen molar-refractivity contribution in [3.63, 3.8) is 0 Å². The third-order valence-corrected chi connectivity index (χ3v) is 6.04. The average molecular weight is 477 g/mol. The van der Waals surface area contributed by atoms with Crippen LogP contribution in [0.4, 0.5) is 20.4 Å². The van der Waals surface area contributed by atoms with Crippen molar-refractivity contribution in [2.24, 2.45) is 0 Å². The Hall–Kier alpha value is -4.34. The van der Waals surface area contributed by atoms with E-state index in [-0.39, 0.29) is 18.0 Å². The molecule has 2 N–H and O–H groups in total. The molecule has 0 bridgehead atoms. The van der Waals surface area contributed by atoms with Gasteiger partial charge in [0.05, 0.1) is 6.54 Å². The molecule has 3 heterocycles. The van der Waals surface area contributed by atoms with E-state index >= 15 is 0 Å². The van der Waals surface area contributed by atoms with Gasteiger partial charge in [-0.2, -0.15) is 4.98 Å². The Bertz CT molecular complexity index is 1420. The number of anilines is 2. The first kappa shape index (κ1) is 22.5. The first-order valence-electron chi connectivity index (χ1n) is 11.1. The number of halogens is 2. The lowest BCUT2D eigenvalue weighted by Gasteiger charge is -2.21. The van der Waals surface area contributed by atoms with Crippen molar-refractivity contribution in [3.05, 3.63) is 83.7 Å². The van der Waals surface area contributed by atoms with E-state index in [4.69, 9.17) is 0 Å². The number of fused-ring (bicyclic) bond motifs is 1. The van der Waals surface area contributed by atoms with Gasteiger partial charge in [0.1, 0.15) is 23.3 Å². The predicted octanol–water partition coefficient (Wildman–Crippen LogP) is 4.19. The summed E-state index contributed by atoms with van der Waals surface area (Å²) >= 11 is 0. The van der Waals surface area contributed by atoms with Crippen molar-refractivity contribution >= 4 is 34.5 Å². The molecule has 1 aliphatic heterocycles. The van der Waals surface area contributed by atoms with Gasteiger partial charge in [0, 0.05) is 41.1 Å². The highest BCUT2D eigenvalue weighted by atomic mass is 19.1. The number of carbonyl (C=O) groups is 2. The Kier molecular flexibility index (Phi) is 5.86. The quantitative estimate of drug-likeness (QED) is 0.432. The van der Waals surface area contributed by atoms with Gasteiger partial charge < -0.3 is 19.9 Å². The van der Waals surface area contributed by atoms with Crippen LogP contribution in [0.15, 0.2) is 60.9 Å². The molecule has 10 heteroatoms. The van der Waals surface area contributed by atoms with Crippen LogP contribution in [0.5, 0.6) is 0 Å². The maximum Gasteiger partial charge on any atom is 0.326 e. The molecule has 1 unspecified atom stereocenters. The van der Waals surface area contributed by atoms with Crippen LogP contribution in [0.1, 0.15) is 28.8 Å². The van der Waals surface area contributed by atoms with Gasteiger partial charge in [-0.1, -0.05) is 0 Å². The first-order chi connectivity index (χ1) is 16.9. The Morgan fingerprint density at radius 3 is 2.69 bits per heavy atom. The molecule has 1 amide bonds. The van der Waals surface area contributed by atoms with E-state index in [9.17, 15) is 23.5 Å². The van der Waals surface area contributed by atoms with Crippen LogP contribution in [0.3, 0.4) is 0 Å². The number of carbonyl (C=O) groups excluding carboxylic acids is 1. The molecular formula is C25H21F2N5O3. The molecule has 0 spiro atoms. The SMILES string of the molecule is O=C(O)C1CCCN1C(=O)c1ccc(Nc2ncc3ccn(Cc4cc(F)ccc4F)c3n2)cc1. The van der Waals surface area contributed by atoms with Crippen molar-refractivity contribution in [1.29, 1.82) is 0 Å². The van der Waals surface area contributed by atoms with E-state index < -0.39 is 23.6 Å². The van der Waals surface area contributed by atoms with Crippen LogP contribution in [0.25, 0.3) is 11.0 Å². The number of carboxylic acids is 1. The standard InChI is InChI=1S/C25H21F2N5O3/c26-18-5-8-20(27)17(12-18)14-31-11-9-16-13-28-25(30-22(16)31)29-19-6-3-15(4-7-19)23(33)32-10-1-2-21(32)24(34)35/h3-9,11-13,21H,1-2,10,14H2,(H,34,35)(H,28,29,30). The van der Waals surface area contributed by atoms with Crippen LogP contribution < -0.4 is 5.32 Å². The number of hydrogen-bond donors (Lipinski definition) is 2. The fourth-order valence-electron chi connectivity index (χ4n) is 4.26. The fraction of sp³-hybridized carbons (Fsp3) is 0.200. The second kappa shape index (κ2) is 9.13. The van der Waals surface area contributed by atoms with Gasteiger partial charge in [-0.05, 0) is 61.4 Å². The highest BCUT2D eigenvalue weighted by Crippen LogP contribution is 2.23. The fourth-order valence-corrected chi connectivity index (χ4v) is 4.26. The number of aromatic nitrogens is 3. The average Bonchev–Trinajstić information content (AvgIpc) is 3.49. The van der Waals surface area contributed by atoms with Gasteiger partial charge in [-0.25, -0.2) is 18.6 Å². The molecule has 35 heavy (non-hydrogen) atoms. The molecule has 5 rings (SSSR count).